The minimum absolute atomic E-state index is 0.419. The standard InChI is InChI=1S/C17H26N2O/c1-17(7-11-20-12-8-17)14-19-10-9-18-13-16(19)15-5-3-2-4-6-15/h2-6,16,18H,7-14H2,1H3. The largest absolute Gasteiger partial charge is 0.381 e. The van der Waals surface area contributed by atoms with Gasteiger partial charge in [-0.2, -0.15) is 0 Å². The van der Waals surface area contributed by atoms with E-state index >= 15 is 0 Å². The number of hydrogen-bond acceptors (Lipinski definition) is 3. The lowest BCUT2D eigenvalue weighted by Gasteiger charge is -2.43. The zero-order chi connectivity index (χ0) is 13.8. The molecule has 1 aromatic rings. The molecule has 2 saturated heterocycles. The highest BCUT2D eigenvalue weighted by atomic mass is 16.5. The van der Waals surface area contributed by atoms with Crippen molar-refractivity contribution in [3.05, 3.63) is 35.9 Å². The van der Waals surface area contributed by atoms with Gasteiger partial charge in [0.05, 0.1) is 0 Å². The van der Waals surface area contributed by atoms with Gasteiger partial charge in [0.15, 0.2) is 0 Å². The summed E-state index contributed by atoms with van der Waals surface area (Å²) in [4.78, 5) is 2.68. The van der Waals surface area contributed by atoms with Crippen LogP contribution in [0.5, 0.6) is 0 Å². The predicted octanol–water partition coefficient (Wildman–Crippen LogP) is 2.45. The molecule has 1 aromatic carbocycles. The van der Waals surface area contributed by atoms with Crippen LogP contribution in [0.15, 0.2) is 30.3 Å². The minimum Gasteiger partial charge on any atom is -0.381 e. The lowest BCUT2D eigenvalue weighted by Crippen LogP contribution is -2.50. The van der Waals surface area contributed by atoms with Gasteiger partial charge in [-0.25, -0.2) is 0 Å². The molecule has 1 N–H and O–H groups in total. The maximum Gasteiger partial charge on any atom is 0.0473 e. The number of hydrogen-bond donors (Lipinski definition) is 1. The first-order valence-electron chi connectivity index (χ1n) is 7.84. The molecule has 0 radical (unpaired) electrons. The number of ether oxygens (including phenoxy) is 1. The van der Waals surface area contributed by atoms with Crippen LogP contribution < -0.4 is 5.32 Å². The molecule has 3 nitrogen and oxygen atoms in total. The van der Waals surface area contributed by atoms with E-state index in [2.05, 4.69) is 47.5 Å². The van der Waals surface area contributed by atoms with E-state index in [4.69, 9.17) is 4.74 Å². The molecule has 1 unspecified atom stereocenters. The summed E-state index contributed by atoms with van der Waals surface area (Å²) in [6.45, 7) is 8.80. The highest BCUT2D eigenvalue weighted by molar-refractivity contribution is 5.20. The molecule has 110 valence electrons. The Morgan fingerprint density at radius 2 is 2.00 bits per heavy atom. The van der Waals surface area contributed by atoms with Gasteiger partial charge in [0.25, 0.3) is 0 Å². The van der Waals surface area contributed by atoms with Crippen LogP contribution in [0.1, 0.15) is 31.4 Å². The Hall–Kier alpha value is -0.900. The van der Waals surface area contributed by atoms with Crippen molar-refractivity contribution in [3.63, 3.8) is 0 Å². The van der Waals surface area contributed by atoms with E-state index in [-0.39, 0.29) is 0 Å². The Kier molecular flexibility index (Phi) is 4.39. The number of rotatable bonds is 3. The molecule has 0 aliphatic carbocycles. The van der Waals surface area contributed by atoms with Crippen molar-refractivity contribution in [2.24, 2.45) is 5.41 Å². The summed E-state index contributed by atoms with van der Waals surface area (Å²) in [5.74, 6) is 0. The van der Waals surface area contributed by atoms with Gasteiger partial charge < -0.3 is 10.1 Å². The zero-order valence-electron chi connectivity index (χ0n) is 12.5. The molecule has 1 atom stereocenters. The van der Waals surface area contributed by atoms with E-state index in [1.54, 1.807) is 0 Å². The SMILES string of the molecule is CC1(CN2CCNCC2c2ccccc2)CCOCC1. The van der Waals surface area contributed by atoms with Crippen molar-refractivity contribution in [1.82, 2.24) is 10.2 Å². The Balaban J connectivity index is 1.72. The quantitative estimate of drug-likeness (QED) is 0.916. The smallest absolute Gasteiger partial charge is 0.0473 e. The molecule has 3 heteroatoms. The molecule has 0 amide bonds. The van der Waals surface area contributed by atoms with Crippen molar-refractivity contribution in [1.29, 1.82) is 0 Å². The molecular weight excluding hydrogens is 248 g/mol. The van der Waals surface area contributed by atoms with E-state index in [0.717, 1.165) is 32.8 Å². The molecule has 20 heavy (non-hydrogen) atoms. The second-order valence-corrected chi connectivity index (χ2v) is 6.52. The van der Waals surface area contributed by atoms with E-state index in [0.29, 0.717) is 11.5 Å². The molecular formula is C17H26N2O. The molecule has 2 aliphatic heterocycles. The first-order chi connectivity index (χ1) is 9.77. The lowest BCUT2D eigenvalue weighted by molar-refractivity contribution is -0.00661. The maximum absolute atomic E-state index is 5.53. The van der Waals surface area contributed by atoms with Crippen LogP contribution in [0, 0.1) is 5.41 Å². The van der Waals surface area contributed by atoms with Gasteiger partial charge in [0.2, 0.25) is 0 Å². The van der Waals surface area contributed by atoms with Gasteiger partial charge >= 0.3 is 0 Å². The van der Waals surface area contributed by atoms with Crippen LogP contribution in [-0.2, 0) is 4.74 Å². The van der Waals surface area contributed by atoms with Crippen molar-refractivity contribution in [3.8, 4) is 0 Å². The number of nitrogens with one attached hydrogen (secondary N) is 1. The number of piperazine rings is 1. The zero-order valence-corrected chi connectivity index (χ0v) is 12.5. The summed E-state index contributed by atoms with van der Waals surface area (Å²) in [5.41, 5.74) is 1.86. The lowest BCUT2D eigenvalue weighted by atomic mass is 9.81. The van der Waals surface area contributed by atoms with Crippen molar-refractivity contribution in [2.75, 3.05) is 39.4 Å². The van der Waals surface area contributed by atoms with Gasteiger partial charge in [0.1, 0.15) is 0 Å². The fourth-order valence-electron chi connectivity index (χ4n) is 3.45. The Labute approximate surface area is 122 Å². The van der Waals surface area contributed by atoms with Crippen molar-refractivity contribution >= 4 is 0 Å². The van der Waals surface area contributed by atoms with Gasteiger partial charge in [0, 0.05) is 45.4 Å². The predicted molar refractivity (Wildman–Crippen MR) is 81.8 cm³/mol. The van der Waals surface area contributed by atoms with Crippen molar-refractivity contribution < 1.29 is 4.74 Å². The number of nitrogens with zero attached hydrogens (tertiary/aromatic N) is 1. The first kappa shape index (κ1) is 14.1. The summed E-state index contributed by atoms with van der Waals surface area (Å²) >= 11 is 0. The maximum atomic E-state index is 5.53. The van der Waals surface area contributed by atoms with Crippen LogP contribution in [0.3, 0.4) is 0 Å². The normalized spacial score (nSPS) is 27.4. The molecule has 2 heterocycles. The second-order valence-electron chi connectivity index (χ2n) is 6.52. The van der Waals surface area contributed by atoms with Gasteiger partial charge in [-0.05, 0) is 23.8 Å². The average Bonchev–Trinajstić information content (AvgIpc) is 2.49. The minimum atomic E-state index is 0.419. The molecule has 2 aliphatic rings. The van der Waals surface area contributed by atoms with E-state index in [9.17, 15) is 0 Å². The molecule has 0 saturated carbocycles. The average molecular weight is 274 g/mol. The summed E-state index contributed by atoms with van der Waals surface area (Å²) in [5, 5.41) is 3.55. The fraction of sp³-hybridized carbons (Fsp3) is 0.647. The molecule has 2 fully saturated rings. The van der Waals surface area contributed by atoms with Crippen LogP contribution in [0.2, 0.25) is 0 Å². The third-order valence-corrected chi connectivity index (χ3v) is 4.82. The summed E-state index contributed by atoms with van der Waals surface area (Å²) in [6.07, 6.45) is 2.39. The van der Waals surface area contributed by atoms with Gasteiger partial charge in [-0.1, -0.05) is 37.3 Å². The van der Waals surface area contributed by atoms with Gasteiger partial charge in [-0.15, -0.1) is 0 Å². The molecule has 3 rings (SSSR count). The highest BCUT2D eigenvalue weighted by Gasteiger charge is 2.33. The van der Waals surface area contributed by atoms with Crippen LogP contribution >= 0.6 is 0 Å². The first-order valence-corrected chi connectivity index (χ1v) is 7.84. The summed E-state index contributed by atoms with van der Waals surface area (Å²) in [6, 6.07) is 11.4. The second kappa shape index (κ2) is 6.25. The topological polar surface area (TPSA) is 24.5 Å². The monoisotopic (exact) mass is 274 g/mol. The van der Waals surface area contributed by atoms with E-state index in [1.807, 2.05) is 0 Å². The summed E-state index contributed by atoms with van der Waals surface area (Å²) in [7, 11) is 0. The van der Waals surface area contributed by atoms with Crippen LogP contribution in [0.25, 0.3) is 0 Å². The van der Waals surface area contributed by atoms with E-state index < -0.39 is 0 Å². The molecule has 0 aromatic heterocycles. The summed E-state index contributed by atoms with van der Waals surface area (Å²) < 4.78 is 5.53. The van der Waals surface area contributed by atoms with E-state index in [1.165, 1.54) is 24.9 Å². The van der Waals surface area contributed by atoms with Crippen LogP contribution in [-0.4, -0.2) is 44.3 Å². The van der Waals surface area contributed by atoms with Crippen molar-refractivity contribution in [2.45, 2.75) is 25.8 Å². The highest BCUT2D eigenvalue weighted by Crippen LogP contribution is 2.34. The van der Waals surface area contributed by atoms with Gasteiger partial charge in [-0.3, -0.25) is 4.90 Å². The molecule has 0 bridgehead atoms. The number of benzene rings is 1. The Morgan fingerprint density at radius 3 is 2.75 bits per heavy atom. The Bertz CT molecular complexity index is 414. The van der Waals surface area contributed by atoms with Crippen LogP contribution in [0.4, 0.5) is 0 Å². The molecule has 0 spiro atoms. The Morgan fingerprint density at radius 1 is 1.25 bits per heavy atom. The fourth-order valence-corrected chi connectivity index (χ4v) is 3.45. The third kappa shape index (κ3) is 3.22. The third-order valence-electron chi connectivity index (χ3n) is 4.82.